The van der Waals surface area contributed by atoms with Crippen molar-refractivity contribution in [1.29, 1.82) is 0 Å². The first-order chi connectivity index (χ1) is 45.8. The van der Waals surface area contributed by atoms with Gasteiger partial charge < -0.3 is 0 Å². The minimum Gasteiger partial charge on any atom is -0.272 e. The fraction of sp³-hybridized carbons (Fsp3) is 0.756. The highest BCUT2D eigenvalue weighted by molar-refractivity contribution is 5.11. The van der Waals surface area contributed by atoms with E-state index in [2.05, 4.69) is 344 Å². The molecule has 5 aromatic heterocycles. The van der Waals surface area contributed by atoms with E-state index >= 15 is 0 Å². The maximum atomic E-state index is 4.38. The number of nitrogens with zero attached hydrogens (tertiary/aromatic N) is 14. The Hall–Kier alpha value is -6.43. The summed E-state index contributed by atoms with van der Waals surface area (Å²) in [7, 11) is 0. The van der Waals surface area contributed by atoms with Gasteiger partial charge in [-0.2, -0.15) is 5.10 Å². The Morgan fingerprint density at radius 3 is 0.780 bits per heavy atom. The van der Waals surface area contributed by atoms with E-state index in [-0.39, 0.29) is 48.7 Å². The van der Waals surface area contributed by atoms with Crippen LogP contribution in [-0.4, -0.2) is 69.8 Å². The molecule has 0 saturated carbocycles. The van der Waals surface area contributed by atoms with Crippen molar-refractivity contribution in [3.05, 3.63) is 65.5 Å². The Labute approximate surface area is 614 Å². The largest absolute Gasteiger partial charge is 0.272 e. The van der Waals surface area contributed by atoms with Crippen molar-refractivity contribution in [3.8, 4) is 59.2 Å². The molecular weight excluding hydrogens is 1230 g/mol. The third-order valence-corrected chi connectivity index (χ3v) is 13.7. The van der Waals surface area contributed by atoms with Gasteiger partial charge in [0, 0.05) is 116 Å². The van der Waals surface area contributed by atoms with Gasteiger partial charge in [-0.3, -0.25) is 23.4 Å². The zero-order valence-corrected chi connectivity index (χ0v) is 69.9. The molecule has 0 aromatic carbocycles. The minimum absolute atomic E-state index is 0.0987. The monoisotopic (exact) mass is 1380 g/mol. The van der Waals surface area contributed by atoms with Crippen LogP contribution in [0.15, 0.2) is 37.2 Å². The Morgan fingerprint density at radius 2 is 0.490 bits per heavy atom. The molecule has 0 fully saturated rings. The van der Waals surface area contributed by atoms with Crippen molar-refractivity contribution in [2.24, 2.45) is 54.1 Å². The smallest absolute Gasteiger partial charge is 0.0832 e. The predicted octanol–water partition coefficient (Wildman–Crippen LogP) is 21.0. The third kappa shape index (κ3) is 58.2. The van der Waals surface area contributed by atoms with Crippen molar-refractivity contribution in [3.63, 3.8) is 0 Å². The van der Waals surface area contributed by atoms with Crippen molar-refractivity contribution >= 4 is 0 Å². The number of aryl methyl sites for hydroxylation is 5. The molecule has 5 aromatic rings. The van der Waals surface area contributed by atoms with Gasteiger partial charge in [-0.15, -0.1) is 50.0 Å². The summed E-state index contributed by atoms with van der Waals surface area (Å²) in [5.41, 5.74) is 7.65. The van der Waals surface area contributed by atoms with Crippen LogP contribution in [0.4, 0.5) is 0 Å². The van der Waals surface area contributed by atoms with Crippen LogP contribution in [0.25, 0.3) is 0 Å². The summed E-state index contributed by atoms with van der Waals surface area (Å²) >= 11 is 0. The maximum Gasteiger partial charge on any atom is 0.0832 e. The first-order valence-electron chi connectivity index (χ1n) is 37.9. The highest BCUT2D eigenvalue weighted by atomic mass is 15.4. The lowest BCUT2D eigenvalue weighted by atomic mass is 9.89. The van der Waals surface area contributed by atoms with Crippen LogP contribution in [-0.2, 0) is 64.8 Å². The fourth-order valence-corrected chi connectivity index (χ4v) is 9.65. The molecule has 14 nitrogen and oxygen atoms in total. The summed E-state index contributed by atoms with van der Waals surface area (Å²) in [6, 6.07) is 0. The van der Waals surface area contributed by atoms with Crippen LogP contribution in [0, 0.1) is 113 Å². The van der Waals surface area contributed by atoms with Gasteiger partial charge in [0.15, 0.2) is 0 Å². The van der Waals surface area contributed by atoms with Gasteiger partial charge in [0.1, 0.15) is 0 Å². The van der Waals surface area contributed by atoms with E-state index in [0.29, 0.717) is 5.41 Å². The molecule has 0 amide bonds. The molecule has 0 saturated heterocycles. The summed E-state index contributed by atoms with van der Waals surface area (Å²) in [5.74, 6) is 32.6. The normalized spacial score (nSPS) is 12.1. The van der Waals surface area contributed by atoms with E-state index in [9.17, 15) is 0 Å². The first-order valence-corrected chi connectivity index (χ1v) is 37.9. The van der Waals surface area contributed by atoms with Crippen LogP contribution < -0.4 is 0 Å². The number of hydrogen-bond acceptors (Lipinski definition) is 9. The predicted molar refractivity (Wildman–Crippen MR) is 424 cm³/mol. The third-order valence-electron chi connectivity index (χ3n) is 13.7. The van der Waals surface area contributed by atoms with Crippen molar-refractivity contribution in [2.45, 2.75) is 369 Å². The molecular formula is C86H146N14. The van der Waals surface area contributed by atoms with Crippen molar-refractivity contribution in [2.75, 3.05) is 0 Å². The van der Waals surface area contributed by atoms with Gasteiger partial charge in [0.25, 0.3) is 0 Å². The second-order valence-electron chi connectivity index (χ2n) is 38.7. The van der Waals surface area contributed by atoms with Crippen LogP contribution in [0.1, 0.15) is 332 Å². The molecule has 0 spiro atoms. The molecule has 0 aliphatic rings. The van der Waals surface area contributed by atoms with E-state index in [1.807, 2.05) is 29.6 Å². The minimum atomic E-state index is 0.0987. The number of aromatic nitrogens is 14. The molecule has 0 aliphatic heterocycles. The van der Waals surface area contributed by atoms with E-state index < -0.39 is 0 Å². The van der Waals surface area contributed by atoms with Gasteiger partial charge in [-0.1, -0.05) is 174 Å². The topological polar surface area (TPSA) is 141 Å². The SMILES string of the molecule is CC(C)(C)C#CCCCCCCn1cc(CC(C)(C)C)nn1.CC(C)(C)C#CCCCCCn1cc(CC(C)(C)C)nn1.CC(C)(C)C#CCCCCn1cc(CC(C)(C)C)nn1.CC(C)(C)C#CCCCn1cc(CC(C)(C)C)nn1.CC(C)(C)C#CCCn1cc(CC(C)(C)C)cn1. The Bertz CT molecular complexity index is 3350. The van der Waals surface area contributed by atoms with Crippen LogP contribution in [0.5, 0.6) is 0 Å². The van der Waals surface area contributed by atoms with Gasteiger partial charge >= 0.3 is 0 Å². The number of unbranched alkanes of at least 4 members (excludes halogenated alkanes) is 10. The zero-order chi connectivity index (χ0) is 76.1. The number of hydrogen-bond donors (Lipinski definition) is 0. The quantitative estimate of drug-likeness (QED) is 0.0412. The fourth-order valence-electron chi connectivity index (χ4n) is 9.65. The van der Waals surface area contributed by atoms with Gasteiger partial charge in [-0.05, 0) is 214 Å². The molecule has 0 atom stereocenters. The van der Waals surface area contributed by atoms with Crippen LogP contribution >= 0.6 is 0 Å². The van der Waals surface area contributed by atoms with E-state index in [1.54, 1.807) is 0 Å². The Kier molecular flexibility index (Phi) is 39.8. The van der Waals surface area contributed by atoms with Crippen LogP contribution in [0.2, 0.25) is 0 Å². The summed E-state index contributed by atoms with van der Waals surface area (Å²) in [6.45, 7) is 70.3. The lowest BCUT2D eigenvalue weighted by molar-refractivity contribution is 0.405. The van der Waals surface area contributed by atoms with Crippen LogP contribution in [0.3, 0.4) is 0 Å². The Morgan fingerprint density at radius 1 is 0.250 bits per heavy atom. The first kappa shape index (κ1) is 91.6. The maximum absolute atomic E-state index is 4.38. The zero-order valence-electron chi connectivity index (χ0n) is 69.9. The highest BCUT2D eigenvalue weighted by Gasteiger charge is 2.18. The van der Waals surface area contributed by atoms with Gasteiger partial charge in [-0.25, -0.2) is 0 Å². The van der Waals surface area contributed by atoms with Crippen molar-refractivity contribution in [1.82, 2.24) is 69.8 Å². The average molecular weight is 1380 g/mol. The van der Waals surface area contributed by atoms with Crippen molar-refractivity contribution < 1.29 is 0 Å². The standard InChI is InChI=1S/C19H33N3.C18H31N3.C17H29N3.C16H27N3.C16H26N2/c1-18(2,3)13-11-9-7-8-10-12-14-22-16-17(20-21-22)15-19(4,5)6;1-17(2,3)12-10-8-7-9-11-13-21-15-16(19-20-21)14-18(4,5)6;1-16(2,3)11-9-7-8-10-12-20-14-15(18-19-20)13-17(4,5)6;1-15(2,3)10-8-7-9-11-19-13-14(17-18-19)12-16(4,5)6;1-15(2,3)9-7-8-10-18-13-14(12-17-18)11-16(4,5)6/h16H,7-10,12,14-15H2,1-6H3;15H,7-9,11,13-14H2,1-6H3;14H,7-8,10,12-13H2,1-6H3;13H,7,9,11-12H2,1-6H3;12-13H,8,10-11H2,1-6H3. The summed E-state index contributed by atoms with van der Waals surface area (Å²) in [6.07, 6.45) is 33.9. The molecule has 560 valence electrons. The average Bonchev–Trinajstić information content (AvgIpc) is 1.78. The molecule has 0 radical (unpaired) electrons. The van der Waals surface area contributed by atoms with E-state index in [1.165, 1.54) is 44.1 Å². The summed E-state index contributed by atoms with van der Waals surface area (Å²) < 4.78 is 9.85. The molecule has 5 rings (SSSR count). The molecule has 0 aliphatic carbocycles. The Balaban J connectivity index is 0.000000626. The molecule has 0 unspecified atom stereocenters. The van der Waals surface area contributed by atoms with E-state index in [4.69, 9.17) is 0 Å². The molecule has 5 heterocycles. The molecule has 14 heteroatoms. The lowest BCUT2D eigenvalue weighted by Crippen LogP contribution is -2.09. The highest BCUT2D eigenvalue weighted by Crippen LogP contribution is 2.24. The lowest BCUT2D eigenvalue weighted by Gasteiger charge is -2.16. The molecule has 100 heavy (non-hydrogen) atoms. The summed E-state index contributed by atoms with van der Waals surface area (Å²) in [4.78, 5) is 0. The number of rotatable bonds is 25. The molecule has 0 bridgehead atoms. The summed E-state index contributed by atoms with van der Waals surface area (Å²) in [5, 5.41) is 38.1. The van der Waals surface area contributed by atoms with Gasteiger partial charge in [0.05, 0.1) is 35.5 Å². The van der Waals surface area contributed by atoms with Gasteiger partial charge in [0.2, 0.25) is 0 Å². The van der Waals surface area contributed by atoms with E-state index in [0.717, 1.165) is 145 Å². The second kappa shape index (κ2) is 43.5. The second-order valence-corrected chi connectivity index (χ2v) is 38.7. The molecule has 0 N–H and O–H groups in total.